The van der Waals surface area contributed by atoms with E-state index in [1.807, 2.05) is 6.07 Å². The quantitative estimate of drug-likeness (QED) is 0.756. The van der Waals surface area contributed by atoms with Crippen LogP contribution in [0.5, 0.6) is 5.75 Å². The highest BCUT2D eigenvalue weighted by Crippen LogP contribution is 2.25. The maximum atomic E-state index is 5.91. The number of benzene rings is 1. The second-order valence-electron chi connectivity index (χ2n) is 2.52. The molecule has 1 aromatic rings. The first-order valence-corrected chi connectivity index (χ1v) is 4.26. The van der Waals surface area contributed by atoms with Crippen LogP contribution in [-0.2, 0) is 11.3 Å². The van der Waals surface area contributed by atoms with Crippen molar-refractivity contribution in [3.05, 3.63) is 28.8 Å². The molecular weight excluding hydrogens is 190 g/mol. The summed E-state index contributed by atoms with van der Waals surface area (Å²) in [5.74, 6) is 0.612. The summed E-state index contributed by atoms with van der Waals surface area (Å²) >= 11 is 5.91. The summed E-state index contributed by atoms with van der Waals surface area (Å²) < 4.78 is 9.94. The lowest BCUT2D eigenvalue weighted by Crippen LogP contribution is -2.00. The van der Waals surface area contributed by atoms with Crippen LogP contribution in [0.1, 0.15) is 5.56 Å². The lowest BCUT2D eigenvalue weighted by atomic mass is 10.2. The van der Waals surface area contributed by atoms with Gasteiger partial charge in [-0.3, -0.25) is 0 Å². The summed E-state index contributed by atoms with van der Waals surface area (Å²) in [6.07, 6.45) is 0. The van der Waals surface area contributed by atoms with Crippen LogP contribution in [0.15, 0.2) is 18.2 Å². The Kier molecular flexibility index (Phi) is 4.02. The molecule has 1 aromatic carbocycles. The van der Waals surface area contributed by atoms with E-state index in [9.17, 15) is 0 Å². The van der Waals surface area contributed by atoms with Crippen molar-refractivity contribution in [1.29, 1.82) is 0 Å². The number of hydrogen-bond donors (Lipinski definition) is 1. The van der Waals surface area contributed by atoms with Gasteiger partial charge in [0.1, 0.15) is 5.75 Å². The molecular formula is C9H12ClNO2. The van der Waals surface area contributed by atoms with Crippen LogP contribution in [0.3, 0.4) is 0 Å². The van der Waals surface area contributed by atoms with Crippen LogP contribution in [-0.4, -0.2) is 13.9 Å². The maximum Gasteiger partial charge on any atom is 0.188 e. The molecule has 2 N–H and O–H groups in total. The van der Waals surface area contributed by atoms with Gasteiger partial charge in [-0.1, -0.05) is 17.7 Å². The summed E-state index contributed by atoms with van der Waals surface area (Å²) in [6, 6.07) is 5.44. The Bertz CT molecular complexity index is 278. The molecule has 1 rings (SSSR count). The third-order valence-corrected chi connectivity index (χ3v) is 1.86. The summed E-state index contributed by atoms with van der Waals surface area (Å²) in [5.41, 5.74) is 6.43. The highest BCUT2D eigenvalue weighted by Gasteiger charge is 2.01. The molecule has 72 valence electrons. The summed E-state index contributed by atoms with van der Waals surface area (Å²) in [6.45, 7) is 0.673. The minimum absolute atomic E-state index is 0.196. The Hall–Kier alpha value is -0.770. The van der Waals surface area contributed by atoms with Gasteiger partial charge in [-0.25, -0.2) is 0 Å². The number of hydrogen-bond acceptors (Lipinski definition) is 3. The van der Waals surface area contributed by atoms with Crippen LogP contribution in [0, 0.1) is 0 Å². The molecule has 0 atom stereocenters. The molecule has 0 saturated carbocycles. The fourth-order valence-electron chi connectivity index (χ4n) is 0.911. The normalized spacial score (nSPS) is 10.1. The van der Waals surface area contributed by atoms with Gasteiger partial charge in [-0.2, -0.15) is 0 Å². The van der Waals surface area contributed by atoms with Gasteiger partial charge >= 0.3 is 0 Å². The first-order valence-electron chi connectivity index (χ1n) is 3.88. The second kappa shape index (κ2) is 5.07. The molecule has 0 aliphatic heterocycles. The van der Waals surface area contributed by atoms with Crippen LogP contribution in [0.2, 0.25) is 5.02 Å². The van der Waals surface area contributed by atoms with Crippen LogP contribution in [0.4, 0.5) is 0 Å². The highest BCUT2D eigenvalue weighted by molar-refractivity contribution is 6.32. The van der Waals surface area contributed by atoms with Crippen molar-refractivity contribution in [2.75, 3.05) is 13.9 Å². The van der Waals surface area contributed by atoms with E-state index in [-0.39, 0.29) is 6.79 Å². The second-order valence-corrected chi connectivity index (χ2v) is 2.93. The monoisotopic (exact) mass is 201 g/mol. The molecule has 0 aromatic heterocycles. The number of nitrogens with two attached hydrogens (primary N) is 1. The number of ether oxygens (including phenoxy) is 2. The van der Waals surface area contributed by atoms with Gasteiger partial charge in [0.05, 0.1) is 5.02 Å². The Morgan fingerprint density at radius 1 is 1.46 bits per heavy atom. The van der Waals surface area contributed by atoms with E-state index in [0.29, 0.717) is 17.3 Å². The van der Waals surface area contributed by atoms with Gasteiger partial charge in [0.2, 0.25) is 0 Å². The van der Waals surface area contributed by atoms with Crippen molar-refractivity contribution in [3.63, 3.8) is 0 Å². The van der Waals surface area contributed by atoms with E-state index in [1.54, 1.807) is 19.2 Å². The fraction of sp³-hybridized carbons (Fsp3) is 0.333. The zero-order chi connectivity index (χ0) is 9.68. The van der Waals surface area contributed by atoms with Crippen LogP contribution >= 0.6 is 11.6 Å². The molecule has 0 saturated heterocycles. The Morgan fingerprint density at radius 2 is 2.23 bits per heavy atom. The average molecular weight is 202 g/mol. The molecule has 0 heterocycles. The molecule has 0 bridgehead atoms. The van der Waals surface area contributed by atoms with Gasteiger partial charge in [-0.15, -0.1) is 0 Å². The molecule has 0 aliphatic rings. The summed E-state index contributed by atoms with van der Waals surface area (Å²) in [4.78, 5) is 0. The molecule has 13 heavy (non-hydrogen) atoms. The van der Waals surface area contributed by atoms with E-state index in [1.165, 1.54) is 0 Å². The topological polar surface area (TPSA) is 44.5 Å². The van der Waals surface area contributed by atoms with E-state index in [4.69, 9.17) is 26.8 Å². The van der Waals surface area contributed by atoms with E-state index < -0.39 is 0 Å². The average Bonchev–Trinajstić information content (AvgIpc) is 2.16. The third-order valence-electron chi connectivity index (χ3n) is 1.56. The number of halogens is 1. The summed E-state index contributed by atoms with van der Waals surface area (Å²) in [7, 11) is 1.56. The van der Waals surface area contributed by atoms with Crippen LogP contribution < -0.4 is 10.5 Å². The van der Waals surface area contributed by atoms with Gasteiger partial charge in [-0.05, 0) is 17.7 Å². The predicted octanol–water partition coefficient (Wildman–Crippen LogP) is 1.78. The number of rotatable bonds is 4. The fourth-order valence-corrected chi connectivity index (χ4v) is 1.17. The zero-order valence-corrected chi connectivity index (χ0v) is 8.17. The number of methoxy groups -OCH3 is 1. The largest absolute Gasteiger partial charge is 0.466 e. The van der Waals surface area contributed by atoms with E-state index in [2.05, 4.69) is 0 Å². The van der Waals surface area contributed by atoms with E-state index in [0.717, 1.165) is 5.56 Å². The third kappa shape index (κ3) is 2.88. The molecule has 3 nitrogen and oxygen atoms in total. The smallest absolute Gasteiger partial charge is 0.188 e. The Labute approximate surface area is 82.4 Å². The Morgan fingerprint density at radius 3 is 2.77 bits per heavy atom. The van der Waals surface area contributed by atoms with Gasteiger partial charge in [0.15, 0.2) is 6.79 Å². The highest BCUT2D eigenvalue weighted by atomic mass is 35.5. The minimum atomic E-state index is 0.196. The maximum absolute atomic E-state index is 5.91. The standard InChI is InChI=1S/C9H12ClNO2/c1-12-6-13-9-3-2-7(5-11)4-8(9)10/h2-4H,5-6,11H2,1H3. The first-order chi connectivity index (χ1) is 6.27. The molecule has 0 fully saturated rings. The molecule has 0 amide bonds. The van der Waals surface area contributed by atoms with Crippen LogP contribution in [0.25, 0.3) is 0 Å². The summed E-state index contributed by atoms with van der Waals surface area (Å²) in [5, 5.41) is 0.556. The molecule has 0 spiro atoms. The van der Waals surface area contributed by atoms with Gasteiger partial charge in [0, 0.05) is 13.7 Å². The first kappa shape index (κ1) is 10.3. The van der Waals surface area contributed by atoms with Crippen molar-refractivity contribution in [1.82, 2.24) is 0 Å². The van der Waals surface area contributed by atoms with Gasteiger partial charge < -0.3 is 15.2 Å². The van der Waals surface area contributed by atoms with Crippen molar-refractivity contribution < 1.29 is 9.47 Å². The minimum Gasteiger partial charge on any atom is -0.466 e. The van der Waals surface area contributed by atoms with Crippen molar-refractivity contribution >= 4 is 11.6 Å². The Balaban J connectivity index is 2.73. The lowest BCUT2D eigenvalue weighted by molar-refractivity contribution is 0.0512. The predicted molar refractivity (Wildman–Crippen MR) is 51.8 cm³/mol. The van der Waals surface area contributed by atoms with Gasteiger partial charge in [0.25, 0.3) is 0 Å². The van der Waals surface area contributed by atoms with Crippen molar-refractivity contribution in [3.8, 4) is 5.75 Å². The molecule has 0 unspecified atom stereocenters. The molecule has 4 heteroatoms. The van der Waals surface area contributed by atoms with Crippen molar-refractivity contribution in [2.45, 2.75) is 6.54 Å². The lowest BCUT2D eigenvalue weighted by Gasteiger charge is -2.07. The SMILES string of the molecule is COCOc1ccc(CN)cc1Cl. The van der Waals surface area contributed by atoms with E-state index >= 15 is 0 Å². The van der Waals surface area contributed by atoms with Crippen molar-refractivity contribution in [2.24, 2.45) is 5.73 Å². The molecule has 0 radical (unpaired) electrons. The molecule has 0 aliphatic carbocycles. The zero-order valence-electron chi connectivity index (χ0n) is 7.42.